The Morgan fingerprint density at radius 3 is 2.36 bits per heavy atom. The lowest BCUT2D eigenvalue weighted by molar-refractivity contribution is 0.0692. The second-order valence-corrected chi connectivity index (χ2v) is 5.23. The van der Waals surface area contributed by atoms with Crippen molar-refractivity contribution in [2.45, 2.75) is 11.8 Å². The van der Waals surface area contributed by atoms with Crippen LogP contribution in [0.1, 0.15) is 15.9 Å². The molecular weight excluding hydrogens is 228 g/mol. The van der Waals surface area contributed by atoms with Gasteiger partial charge in [0.1, 0.15) is 0 Å². The minimum absolute atomic E-state index is 0.275. The molecule has 1 aromatic carbocycles. The average molecular weight is 235 g/mol. The van der Waals surface area contributed by atoms with Crippen LogP contribution in [0.2, 0.25) is 0 Å². The number of rotatable bonds is 2. The van der Waals surface area contributed by atoms with Crippen molar-refractivity contribution in [3.63, 3.8) is 0 Å². The average Bonchev–Trinajstić information content (AvgIpc) is 2.01. The summed E-state index contributed by atoms with van der Waals surface area (Å²) in [5, 5.41) is 8.79. The molecule has 0 spiro atoms. The van der Waals surface area contributed by atoms with Gasteiger partial charge in [0.05, 0.1) is 10.5 Å². The Kier molecular flexibility index (Phi) is 2.82. The Labute approximate surface area is 85.5 Å². The number of benzene rings is 1. The number of carboxylic acids is 1. The third kappa shape index (κ3) is 2.05. The summed E-state index contributed by atoms with van der Waals surface area (Å²) in [6.07, 6.45) is 0. The Morgan fingerprint density at radius 2 is 2.00 bits per heavy atom. The van der Waals surface area contributed by atoms with E-state index in [2.05, 4.69) is 0 Å². The maximum Gasteiger partial charge on any atom is 0.337 e. The molecule has 14 heavy (non-hydrogen) atoms. The lowest BCUT2D eigenvalue weighted by Gasteiger charge is -2.04. The van der Waals surface area contributed by atoms with Crippen LogP contribution in [0.4, 0.5) is 0 Å². The quantitative estimate of drug-likeness (QED) is 0.790. The van der Waals surface area contributed by atoms with Gasteiger partial charge in [0.25, 0.3) is 9.05 Å². The maximum atomic E-state index is 11.0. The molecule has 0 fully saturated rings. The predicted molar refractivity (Wildman–Crippen MR) is 51.2 cm³/mol. The molecule has 6 heteroatoms. The summed E-state index contributed by atoms with van der Waals surface area (Å²) < 4.78 is 22.0. The zero-order valence-corrected chi connectivity index (χ0v) is 8.76. The molecule has 1 rings (SSSR count). The van der Waals surface area contributed by atoms with Gasteiger partial charge in [-0.3, -0.25) is 0 Å². The molecule has 0 atom stereocenters. The standard InChI is InChI=1S/C8H7ClO4S/c1-5-3-2-4-6(14(9,12)13)7(5)8(10)11/h2-4H,1H3,(H,10,11). The second kappa shape index (κ2) is 3.59. The first kappa shape index (κ1) is 11.0. The van der Waals surface area contributed by atoms with Crippen LogP contribution in [0.3, 0.4) is 0 Å². The van der Waals surface area contributed by atoms with Crippen LogP contribution in [-0.4, -0.2) is 19.5 Å². The van der Waals surface area contributed by atoms with E-state index in [0.29, 0.717) is 5.56 Å². The first-order chi connectivity index (χ1) is 6.34. The summed E-state index contributed by atoms with van der Waals surface area (Å²) >= 11 is 0. The third-order valence-electron chi connectivity index (χ3n) is 1.71. The van der Waals surface area contributed by atoms with E-state index in [1.165, 1.54) is 25.1 Å². The molecule has 0 heterocycles. The van der Waals surface area contributed by atoms with Crippen molar-refractivity contribution in [2.24, 2.45) is 0 Å². The number of halogens is 1. The highest BCUT2D eigenvalue weighted by Gasteiger charge is 2.21. The van der Waals surface area contributed by atoms with E-state index in [0.717, 1.165) is 0 Å². The summed E-state index contributed by atoms with van der Waals surface area (Å²) in [7, 11) is 1.08. The minimum Gasteiger partial charge on any atom is -0.478 e. The van der Waals surface area contributed by atoms with Crippen molar-refractivity contribution in [2.75, 3.05) is 0 Å². The van der Waals surface area contributed by atoms with Crippen LogP contribution in [0.15, 0.2) is 23.1 Å². The van der Waals surface area contributed by atoms with E-state index in [-0.39, 0.29) is 10.5 Å². The number of hydrogen-bond acceptors (Lipinski definition) is 3. The van der Waals surface area contributed by atoms with Gasteiger partial charge in [0.2, 0.25) is 0 Å². The Morgan fingerprint density at radius 1 is 1.43 bits per heavy atom. The van der Waals surface area contributed by atoms with Crippen LogP contribution in [0, 0.1) is 6.92 Å². The fraction of sp³-hybridized carbons (Fsp3) is 0.125. The number of carbonyl (C=O) groups is 1. The number of hydrogen-bond donors (Lipinski definition) is 1. The van der Waals surface area contributed by atoms with Gasteiger partial charge in [-0.2, -0.15) is 0 Å². The molecule has 0 amide bonds. The lowest BCUT2D eigenvalue weighted by atomic mass is 10.1. The summed E-state index contributed by atoms with van der Waals surface area (Å²) in [4.78, 5) is 10.4. The highest BCUT2D eigenvalue weighted by molar-refractivity contribution is 8.13. The van der Waals surface area contributed by atoms with Gasteiger partial charge < -0.3 is 5.11 Å². The second-order valence-electron chi connectivity index (χ2n) is 2.69. The molecular formula is C8H7ClO4S. The SMILES string of the molecule is Cc1cccc(S(=O)(=O)Cl)c1C(=O)O. The van der Waals surface area contributed by atoms with Crippen molar-refractivity contribution < 1.29 is 18.3 Å². The van der Waals surface area contributed by atoms with Gasteiger partial charge in [0.15, 0.2) is 0 Å². The molecule has 0 aliphatic rings. The molecule has 0 saturated heterocycles. The van der Waals surface area contributed by atoms with Crippen LogP contribution < -0.4 is 0 Å². The Bertz CT molecular complexity index is 478. The first-order valence-corrected chi connectivity index (χ1v) is 5.92. The zero-order chi connectivity index (χ0) is 10.9. The van der Waals surface area contributed by atoms with Crippen molar-refractivity contribution >= 4 is 25.7 Å². The van der Waals surface area contributed by atoms with Crippen LogP contribution in [-0.2, 0) is 9.05 Å². The van der Waals surface area contributed by atoms with Gasteiger partial charge in [-0.05, 0) is 18.6 Å². The number of aromatic carboxylic acids is 1. The monoisotopic (exact) mass is 234 g/mol. The molecule has 0 unspecified atom stereocenters. The van der Waals surface area contributed by atoms with E-state index in [4.69, 9.17) is 15.8 Å². The van der Waals surface area contributed by atoms with Crippen LogP contribution in [0.5, 0.6) is 0 Å². The van der Waals surface area contributed by atoms with E-state index in [1.54, 1.807) is 0 Å². The smallest absolute Gasteiger partial charge is 0.337 e. The first-order valence-electron chi connectivity index (χ1n) is 3.61. The Balaban J connectivity index is 3.61. The van der Waals surface area contributed by atoms with E-state index in [1.807, 2.05) is 0 Å². The number of carboxylic acid groups (broad SMARTS) is 1. The van der Waals surface area contributed by atoms with Gasteiger partial charge >= 0.3 is 5.97 Å². The molecule has 0 radical (unpaired) electrons. The Hall–Kier alpha value is -1.07. The van der Waals surface area contributed by atoms with Crippen LogP contribution in [0.25, 0.3) is 0 Å². The normalized spacial score (nSPS) is 11.3. The third-order valence-corrected chi connectivity index (χ3v) is 3.08. The number of aryl methyl sites for hydroxylation is 1. The minimum atomic E-state index is -4.01. The summed E-state index contributed by atoms with van der Waals surface area (Å²) in [6.45, 7) is 1.51. The zero-order valence-electron chi connectivity index (χ0n) is 7.19. The molecule has 1 N–H and O–H groups in total. The molecule has 76 valence electrons. The van der Waals surface area contributed by atoms with Crippen molar-refractivity contribution in [3.05, 3.63) is 29.3 Å². The topological polar surface area (TPSA) is 71.4 Å². The predicted octanol–water partition coefficient (Wildman–Crippen LogP) is 1.62. The van der Waals surface area contributed by atoms with Gasteiger partial charge in [-0.1, -0.05) is 12.1 Å². The molecule has 4 nitrogen and oxygen atoms in total. The van der Waals surface area contributed by atoms with Crippen molar-refractivity contribution in [1.29, 1.82) is 0 Å². The molecule has 0 aliphatic heterocycles. The summed E-state index contributed by atoms with van der Waals surface area (Å²) in [6, 6.07) is 4.12. The summed E-state index contributed by atoms with van der Waals surface area (Å²) in [5.41, 5.74) is 0.0849. The van der Waals surface area contributed by atoms with Crippen molar-refractivity contribution in [1.82, 2.24) is 0 Å². The van der Waals surface area contributed by atoms with Crippen molar-refractivity contribution in [3.8, 4) is 0 Å². The van der Waals surface area contributed by atoms with Gasteiger partial charge in [-0.15, -0.1) is 0 Å². The van der Waals surface area contributed by atoms with E-state index < -0.39 is 15.0 Å². The van der Waals surface area contributed by atoms with E-state index in [9.17, 15) is 13.2 Å². The molecule has 0 bridgehead atoms. The van der Waals surface area contributed by atoms with Gasteiger partial charge in [-0.25, -0.2) is 13.2 Å². The molecule has 0 saturated carbocycles. The van der Waals surface area contributed by atoms with Crippen LogP contribution >= 0.6 is 10.7 Å². The van der Waals surface area contributed by atoms with Gasteiger partial charge in [0, 0.05) is 10.7 Å². The largest absolute Gasteiger partial charge is 0.478 e. The summed E-state index contributed by atoms with van der Waals surface area (Å²) in [5.74, 6) is -1.30. The lowest BCUT2D eigenvalue weighted by Crippen LogP contribution is -2.06. The fourth-order valence-electron chi connectivity index (χ4n) is 1.12. The molecule has 0 aromatic heterocycles. The molecule has 0 aliphatic carbocycles. The maximum absolute atomic E-state index is 11.0. The molecule has 1 aromatic rings. The van der Waals surface area contributed by atoms with E-state index >= 15 is 0 Å². The highest BCUT2D eigenvalue weighted by Crippen LogP contribution is 2.22. The highest BCUT2D eigenvalue weighted by atomic mass is 35.7. The fourth-order valence-corrected chi connectivity index (χ4v) is 2.24.